The van der Waals surface area contributed by atoms with Gasteiger partial charge in [-0.15, -0.1) is 11.3 Å². The zero-order valence-corrected chi connectivity index (χ0v) is 12.0. The van der Waals surface area contributed by atoms with Crippen molar-refractivity contribution < 1.29 is 14.3 Å². The Morgan fingerprint density at radius 1 is 1.32 bits per heavy atom. The van der Waals surface area contributed by atoms with Crippen LogP contribution in [0.2, 0.25) is 0 Å². The lowest BCUT2D eigenvalue weighted by atomic mass is 10.3. The Bertz CT molecular complexity index is 827. The monoisotopic (exact) mass is 317 g/mol. The van der Waals surface area contributed by atoms with Gasteiger partial charge in [-0.3, -0.25) is 14.7 Å². The largest absolute Gasteiger partial charge is 0.484 e. The molecule has 2 aromatic heterocycles. The number of para-hydroxylation sites is 1. The molecule has 3 rings (SSSR count). The van der Waals surface area contributed by atoms with Crippen LogP contribution >= 0.6 is 11.3 Å². The van der Waals surface area contributed by atoms with Gasteiger partial charge >= 0.3 is 0 Å². The molecule has 22 heavy (non-hydrogen) atoms. The fourth-order valence-electron chi connectivity index (χ4n) is 1.74. The van der Waals surface area contributed by atoms with Gasteiger partial charge in [-0.05, 0) is 12.1 Å². The number of hydrogen-bond acceptors (Lipinski definition) is 6. The Morgan fingerprint density at radius 2 is 2.09 bits per heavy atom. The van der Waals surface area contributed by atoms with Crippen LogP contribution in [0.3, 0.4) is 0 Å². The number of anilines is 1. The highest BCUT2D eigenvalue weighted by Gasteiger charge is 2.16. The standard InChI is InChI=1S/C13H11N5O3S/c14-10(20)13-16-12-9(22-13)11(17-18-12)15-8(19)6-21-7-4-2-1-3-5-7/h1-5H,6H2,(H2,14,20)(H2,15,17,18,19). The summed E-state index contributed by atoms with van der Waals surface area (Å²) in [6.07, 6.45) is 0. The minimum absolute atomic E-state index is 0.152. The molecular formula is C13H11N5O3S. The number of ether oxygens (including phenoxy) is 1. The lowest BCUT2D eigenvalue weighted by Gasteiger charge is -2.05. The van der Waals surface area contributed by atoms with Crippen molar-refractivity contribution in [2.45, 2.75) is 0 Å². The average Bonchev–Trinajstić information content (AvgIpc) is 3.08. The molecule has 0 saturated carbocycles. The number of fused-ring (bicyclic) bond motifs is 1. The number of nitrogens with zero attached hydrogens (tertiary/aromatic N) is 2. The molecule has 1 aromatic carbocycles. The molecule has 2 heterocycles. The zero-order valence-electron chi connectivity index (χ0n) is 11.2. The number of carbonyl (C=O) groups excluding carboxylic acids is 2. The van der Waals surface area contributed by atoms with E-state index in [1.165, 1.54) is 0 Å². The molecule has 0 unspecified atom stereocenters. The third-order valence-corrected chi connectivity index (χ3v) is 3.77. The van der Waals surface area contributed by atoms with Crippen molar-refractivity contribution in [3.05, 3.63) is 35.3 Å². The van der Waals surface area contributed by atoms with Crippen LogP contribution in [0.1, 0.15) is 9.80 Å². The number of thiazole rings is 1. The first-order valence-electron chi connectivity index (χ1n) is 6.26. The molecule has 0 aliphatic rings. The molecule has 0 bridgehead atoms. The van der Waals surface area contributed by atoms with Crippen LogP contribution < -0.4 is 15.8 Å². The van der Waals surface area contributed by atoms with Crippen molar-refractivity contribution in [2.24, 2.45) is 5.73 Å². The van der Waals surface area contributed by atoms with E-state index in [-0.39, 0.29) is 17.5 Å². The highest BCUT2D eigenvalue weighted by molar-refractivity contribution is 7.20. The number of nitrogens with two attached hydrogens (primary N) is 1. The Kier molecular flexibility index (Phi) is 3.71. The Morgan fingerprint density at radius 3 is 2.82 bits per heavy atom. The summed E-state index contributed by atoms with van der Waals surface area (Å²) >= 11 is 1.06. The minimum atomic E-state index is -0.626. The maximum atomic E-state index is 11.9. The van der Waals surface area contributed by atoms with Gasteiger partial charge in [0, 0.05) is 0 Å². The first kappa shape index (κ1) is 14.0. The molecule has 2 amide bonds. The van der Waals surface area contributed by atoms with Crippen molar-refractivity contribution in [3.8, 4) is 5.75 Å². The van der Waals surface area contributed by atoms with E-state index in [4.69, 9.17) is 10.5 Å². The van der Waals surface area contributed by atoms with Gasteiger partial charge in [0.25, 0.3) is 11.8 Å². The van der Waals surface area contributed by atoms with Gasteiger partial charge in [0.1, 0.15) is 10.4 Å². The van der Waals surface area contributed by atoms with Crippen LogP contribution in [0.15, 0.2) is 30.3 Å². The van der Waals surface area contributed by atoms with Crippen molar-refractivity contribution >= 4 is 39.3 Å². The second-order valence-electron chi connectivity index (χ2n) is 4.28. The number of rotatable bonds is 5. The summed E-state index contributed by atoms with van der Waals surface area (Å²) in [5.41, 5.74) is 5.57. The van der Waals surface area contributed by atoms with Crippen molar-refractivity contribution in [2.75, 3.05) is 11.9 Å². The SMILES string of the molecule is NC(=O)c1nc2[nH]nc(NC(=O)COc3ccccc3)c2s1. The predicted molar refractivity (Wildman–Crippen MR) is 80.9 cm³/mol. The van der Waals surface area contributed by atoms with Crippen molar-refractivity contribution in [3.63, 3.8) is 0 Å². The maximum absolute atomic E-state index is 11.9. The fourth-order valence-corrected chi connectivity index (χ4v) is 2.55. The normalized spacial score (nSPS) is 10.5. The molecule has 4 N–H and O–H groups in total. The molecule has 9 heteroatoms. The molecule has 0 atom stereocenters. The van der Waals surface area contributed by atoms with E-state index >= 15 is 0 Å². The summed E-state index contributed by atoms with van der Waals surface area (Å²) in [4.78, 5) is 26.9. The maximum Gasteiger partial charge on any atom is 0.277 e. The summed E-state index contributed by atoms with van der Waals surface area (Å²) in [5, 5.41) is 9.31. The van der Waals surface area contributed by atoms with Crippen LogP contribution in [0, 0.1) is 0 Å². The van der Waals surface area contributed by atoms with Gasteiger partial charge < -0.3 is 15.8 Å². The molecule has 0 saturated heterocycles. The van der Waals surface area contributed by atoms with E-state index < -0.39 is 5.91 Å². The first-order valence-corrected chi connectivity index (χ1v) is 7.07. The number of aromatic amines is 1. The highest BCUT2D eigenvalue weighted by atomic mass is 32.1. The number of carbonyl (C=O) groups is 2. The van der Waals surface area contributed by atoms with E-state index in [0.717, 1.165) is 11.3 Å². The molecule has 0 aliphatic carbocycles. The average molecular weight is 317 g/mol. The third-order valence-electron chi connectivity index (χ3n) is 2.70. The van der Waals surface area contributed by atoms with E-state index in [1.54, 1.807) is 12.1 Å². The van der Waals surface area contributed by atoms with E-state index in [0.29, 0.717) is 21.9 Å². The van der Waals surface area contributed by atoms with Crippen molar-refractivity contribution in [1.82, 2.24) is 15.2 Å². The summed E-state index contributed by atoms with van der Waals surface area (Å²) in [6.45, 7) is -0.153. The molecule has 0 spiro atoms. The van der Waals surface area contributed by atoms with E-state index in [1.807, 2.05) is 18.2 Å². The molecule has 0 fully saturated rings. The minimum Gasteiger partial charge on any atom is -0.484 e. The summed E-state index contributed by atoms with van der Waals surface area (Å²) in [7, 11) is 0. The lowest BCUT2D eigenvalue weighted by Crippen LogP contribution is -2.20. The Labute approximate surface area is 128 Å². The number of amides is 2. The van der Waals surface area contributed by atoms with Gasteiger partial charge in [-0.25, -0.2) is 4.98 Å². The number of hydrogen-bond donors (Lipinski definition) is 3. The lowest BCUT2D eigenvalue weighted by molar-refractivity contribution is -0.118. The first-order chi connectivity index (χ1) is 10.6. The smallest absolute Gasteiger partial charge is 0.277 e. The van der Waals surface area contributed by atoms with Gasteiger partial charge in [0.15, 0.2) is 23.1 Å². The molecule has 0 aliphatic heterocycles. The predicted octanol–water partition coefficient (Wildman–Crippen LogP) is 1.14. The van der Waals surface area contributed by atoms with Crippen molar-refractivity contribution in [1.29, 1.82) is 0 Å². The van der Waals surface area contributed by atoms with Gasteiger partial charge in [-0.1, -0.05) is 18.2 Å². The quantitative estimate of drug-likeness (QED) is 0.651. The molecule has 8 nitrogen and oxygen atoms in total. The highest BCUT2D eigenvalue weighted by Crippen LogP contribution is 2.26. The van der Waals surface area contributed by atoms with Gasteiger partial charge in [0.05, 0.1) is 0 Å². The van der Waals surface area contributed by atoms with Crippen LogP contribution in [-0.4, -0.2) is 33.6 Å². The summed E-state index contributed by atoms with van der Waals surface area (Å²) in [5.74, 6) is -0.106. The molecular weight excluding hydrogens is 306 g/mol. The summed E-state index contributed by atoms with van der Waals surface area (Å²) in [6, 6.07) is 8.98. The fraction of sp³-hybridized carbons (Fsp3) is 0.0769. The molecule has 3 aromatic rings. The van der Waals surface area contributed by atoms with E-state index in [9.17, 15) is 9.59 Å². The topological polar surface area (TPSA) is 123 Å². The second kappa shape index (κ2) is 5.82. The Balaban J connectivity index is 1.67. The van der Waals surface area contributed by atoms with E-state index in [2.05, 4.69) is 20.5 Å². The number of nitrogens with one attached hydrogen (secondary N) is 2. The number of aromatic nitrogens is 3. The zero-order chi connectivity index (χ0) is 15.5. The van der Waals surface area contributed by atoms with Gasteiger partial charge in [-0.2, -0.15) is 5.10 Å². The van der Waals surface area contributed by atoms with Crippen LogP contribution in [0.25, 0.3) is 10.3 Å². The second-order valence-corrected chi connectivity index (χ2v) is 5.28. The summed E-state index contributed by atoms with van der Waals surface area (Å²) < 4.78 is 5.89. The van der Waals surface area contributed by atoms with Crippen LogP contribution in [-0.2, 0) is 4.79 Å². The number of primary amides is 1. The Hall–Kier alpha value is -2.94. The van der Waals surface area contributed by atoms with Gasteiger partial charge in [0.2, 0.25) is 0 Å². The molecule has 0 radical (unpaired) electrons. The number of H-pyrrole nitrogens is 1. The molecule has 112 valence electrons. The van der Waals surface area contributed by atoms with Crippen LogP contribution in [0.4, 0.5) is 5.82 Å². The number of benzene rings is 1. The third kappa shape index (κ3) is 2.88. The van der Waals surface area contributed by atoms with Crippen LogP contribution in [0.5, 0.6) is 5.75 Å².